The van der Waals surface area contributed by atoms with E-state index in [4.69, 9.17) is 9.47 Å². The fourth-order valence-electron chi connectivity index (χ4n) is 3.17. The number of benzene rings is 1. The van der Waals surface area contributed by atoms with Gasteiger partial charge in [0.15, 0.2) is 0 Å². The van der Waals surface area contributed by atoms with Crippen molar-refractivity contribution in [1.29, 1.82) is 0 Å². The van der Waals surface area contributed by atoms with Crippen LogP contribution >= 0.6 is 0 Å². The number of nitrogens with one attached hydrogen (secondary N) is 3. The minimum atomic E-state index is -0.196. The third-order valence-corrected chi connectivity index (χ3v) is 4.59. The third-order valence-electron chi connectivity index (χ3n) is 4.59. The Hall–Kier alpha value is -3.88. The van der Waals surface area contributed by atoms with Gasteiger partial charge in [-0.15, -0.1) is 0 Å². The number of nitrogens with zero attached hydrogens (tertiary/aromatic N) is 3. The van der Waals surface area contributed by atoms with Crippen LogP contribution in [0.3, 0.4) is 0 Å². The largest absolute Gasteiger partial charge is 0.495 e. The molecule has 0 unspecified atom stereocenters. The molecule has 0 fully saturated rings. The van der Waals surface area contributed by atoms with E-state index in [2.05, 4.69) is 30.6 Å². The Morgan fingerprint density at radius 2 is 2.07 bits per heavy atom. The minimum Gasteiger partial charge on any atom is -0.495 e. The zero-order valence-corrected chi connectivity index (χ0v) is 16.2. The summed E-state index contributed by atoms with van der Waals surface area (Å²) in [4.78, 5) is 28.3. The Labute approximate surface area is 166 Å². The molecule has 9 heteroatoms. The second-order valence-electron chi connectivity index (χ2n) is 6.26. The SMILES string of the molecule is CNC(=O)c1ccc(Nc2nc(OC)c3c(C4=CCN=C4)c[nH]c3n2)c(OC)c1. The summed E-state index contributed by atoms with van der Waals surface area (Å²) in [6.07, 6.45) is 5.73. The molecule has 0 saturated heterocycles. The summed E-state index contributed by atoms with van der Waals surface area (Å²) in [6.45, 7) is 0.663. The first-order valence-electron chi connectivity index (χ1n) is 8.95. The van der Waals surface area contributed by atoms with Crippen molar-refractivity contribution < 1.29 is 14.3 Å². The Morgan fingerprint density at radius 1 is 1.21 bits per heavy atom. The number of amides is 1. The molecule has 0 radical (unpaired) electrons. The van der Waals surface area contributed by atoms with E-state index in [9.17, 15) is 4.79 Å². The molecule has 0 spiro atoms. The molecule has 29 heavy (non-hydrogen) atoms. The number of carbonyl (C=O) groups is 1. The number of methoxy groups -OCH3 is 2. The zero-order valence-electron chi connectivity index (χ0n) is 16.2. The fourth-order valence-corrected chi connectivity index (χ4v) is 3.17. The smallest absolute Gasteiger partial charge is 0.251 e. The van der Waals surface area contributed by atoms with E-state index in [-0.39, 0.29) is 5.91 Å². The van der Waals surface area contributed by atoms with Crippen molar-refractivity contribution in [3.8, 4) is 11.6 Å². The maximum absolute atomic E-state index is 11.8. The molecule has 3 aromatic rings. The predicted octanol–water partition coefficient (Wildman–Crippen LogP) is 2.55. The van der Waals surface area contributed by atoms with Gasteiger partial charge in [0, 0.05) is 30.6 Å². The van der Waals surface area contributed by atoms with Crippen molar-refractivity contribution >= 4 is 40.4 Å². The van der Waals surface area contributed by atoms with Crippen LogP contribution in [0.5, 0.6) is 11.6 Å². The fraction of sp³-hybridized carbons (Fsp3) is 0.200. The van der Waals surface area contributed by atoms with Gasteiger partial charge in [-0.25, -0.2) is 0 Å². The van der Waals surface area contributed by atoms with Crippen molar-refractivity contribution in [3.63, 3.8) is 0 Å². The summed E-state index contributed by atoms with van der Waals surface area (Å²) in [6, 6.07) is 5.08. The lowest BCUT2D eigenvalue weighted by atomic mass is 10.1. The molecule has 9 nitrogen and oxygen atoms in total. The van der Waals surface area contributed by atoms with Gasteiger partial charge < -0.3 is 25.1 Å². The average molecular weight is 392 g/mol. The summed E-state index contributed by atoms with van der Waals surface area (Å²) >= 11 is 0. The second kappa shape index (κ2) is 7.63. The van der Waals surface area contributed by atoms with Crippen LogP contribution in [0, 0.1) is 0 Å². The van der Waals surface area contributed by atoms with Gasteiger partial charge >= 0.3 is 0 Å². The maximum Gasteiger partial charge on any atom is 0.251 e. The first kappa shape index (κ1) is 18.5. The highest BCUT2D eigenvalue weighted by molar-refractivity contribution is 6.16. The van der Waals surface area contributed by atoms with Crippen LogP contribution < -0.4 is 20.1 Å². The topological polar surface area (TPSA) is 114 Å². The molecule has 0 saturated carbocycles. The van der Waals surface area contributed by atoms with E-state index in [1.807, 2.05) is 18.5 Å². The van der Waals surface area contributed by atoms with E-state index in [1.165, 1.54) is 7.11 Å². The zero-order chi connectivity index (χ0) is 20.4. The Balaban J connectivity index is 1.72. The van der Waals surface area contributed by atoms with Crippen LogP contribution in [0.2, 0.25) is 0 Å². The standard InChI is InChI=1S/C20H20N6O3/c1-21-18(27)11-4-5-14(15(8-11)28-2)24-20-25-17-16(19(26-20)29-3)13(10-23-17)12-6-7-22-9-12/h4-6,8-10H,7H2,1-3H3,(H,21,27)(H2,23,24,25,26). The number of aliphatic imine (C=N–C) groups is 1. The molecule has 3 heterocycles. The number of hydrogen-bond donors (Lipinski definition) is 3. The second-order valence-corrected chi connectivity index (χ2v) is 6.26. The maximum atomic E-state index is 11.8. The predicted molar refractivity (Wildman–Crippen MR) is 111 cm³/mol. The summed E-state index contributed by atoms with van der Waals surface area (Å²) < 4.78 is 10.9. The quantitative estimate of drug-likeness (QED) is 0.594. The van der Waals surface area contributed by atoms with Gasteiger partial charge in [0.2, 0.25) is 11.8 Å². The minimum absolute atomic E-state index is 0.196. The van der Waals surface area contributed by atoms with Crippen LogP contribution in [0.1, 0.15) is 15.9 Å². The van der Waals surface area contributed by atoms with E-state index >= 15 is 0 Å². The van der Waals surface area contributed by atoms with Gasteiger partial charge in [-0.1, -0.05) is 6.08 Å². The number of aromatic nitrogens is 3. The molecule has 1 aliphatic heterocycles. The molecule has 0 bridgehead atoms. The first-order chi connectivity index (χ1) is 14.1. The van der Waals surface area contributed by atoms with Crippen molar-refractivity contribution in [1.82, 2.24) is 20.3 Å². The van der Waals surface area contributed by atoms with E-state index < -0.39 is 0 Å². The highest BCUT2D eigenvalue weighted by Crippen LogP contribution is 2.34. The lowest BCUT2D eigenvalue weighted by Gasteiger charge is -2.12. The van der Waals surface area contributed by atoms with E-state index in [1.54, 1.807) is 32.4 Å². The number of aromatic amines is 1. The van der Waals surface area contributed by atoms with Crippen LogP contribution in [0.4, 0.5) is 11.6 Å². The lowest BCUT2D eigenvalue weighted by Crippen LogP contribution is -2.17. The number of carbonyl (C=O) groups excluding carboxylic acids is 1. The van der Waals surface area contributed by atoms with Gasteiger partial charge in [0.05, 0.1) is 31.8 Å². The van der Waals surface area contributed by atoms with Crippen LogP contribution in [-0.2, 0) is 0 Å². The first-order valence-corrected chi connectivity index (χ1v) is 8.95. The molecule has 0 aliphatic carbocycles. The van der Waals surface area contributed by atoms with Crippen molar-refractivity contribution in [2.45, 2.75) is 0 Å². The van der Waals surface area contributed by atoms with Crippen molar-refractivity contribution in [2.75, 3.05) is 33.1 Å². The summed E-state index contributed by atoms with van der Waals surface area (Å²) in [5.74, 6) is 1.07. The Bertz CT molecular complexity index is 1150. The lowest BCUT2D eigenvalue weighted by molar-refractivity contribution is 0.0963. The Kier molecular flexibility index (Phi) is 4.86. The third kappa shape index (κ3) is 3.38. The highest BCUT2D eigenvalue weighted by atomic mass is 16.5. The molecule has 2 aromatic heterocycles. The molecule has 148 valence electrons. The van der Waals surface area contributed by atoms with Crippen molar-refractivity contribution in [3.05, 3.63) is 41.6 Å². The number of fused-ring (bicyclic) bond motifs is 1. The molecule has 1 aliphatic rings. The van der Waals surface area contributed by atoms with Crippen LogP contribution in [-0.4, -0.2) is 54.9 Å². The highest BCUT2D eigenvalue weighted by Gasteiger charge is 2.18. The molecular weight excluding hydrogens is 372 g/mol. The van der Waals surface area contributed by atoms with Crippen molar-refractivity contribution in [2.24, 2.45) is 4.99 Å². The normalized spacial score (nSPS) is 12.7. The number of ether oxygens (including phenoxy) is 2. The molecule has 1 aromatic carbocycles. The number of anilines is 2. The average Bonchev–Trinajstić information content (AvgIpc) is 3.42. The molecular formula is C20H20N6O3. The Morgan fingerprint density at radius 3 is 2.76 bits per heavy atom. The number of hydrogen-bond acceptors (Lipinski definition) is 7. The van der Waals surface area contributed by atoms with Crippen LogP contribution in [0.15, 0.2) is 35.5 Å². The summed E-state index contributed by atoms with van der Waals surface area (Å²) in [5.41, 5.74) is 3.70. The van der Waals surface area contributed by atoms with Gasteiger partial charge in [0.25, 0.3) is 5.91 Å². The van der Waals surface area contributed by atoms with Crippen LogP contribution in [0.25, 0.3) is 16.6 Å². The monoisotopic (exact) mass is 392 g/mol. The number of allylic oxidation sites excluding steroid dienone is 1. The van der Waals surface area contributed by atoms with Gasteiger partial charge in [-0.3, -0.25) is 9.79 Å². The number of H-pyrrole nitrogens is 1. The van der Waals surface area contributed by atoms with E-state index in [0.717, 1.165) is 16.5 Å². The molecule has 3 N–H and O–H groups in total. The van der Waals surface area contributed by atoms with Gasteiger partial charge in [0.1, 0.15) is 11.4 Å². The molecule has 0 atom stereocenters. The number of rotatable bonds is 6. The van der Waals surface area contributed by atoms with Gasteiger partial charge in [-0.2, -0.15) is 9.97 Å². The molecule has 4 rings (SSSR count). The summed E-state index contributed by atoms with van der Waals surface area (Å²) in [7, 11) is 4.68. The van der Waals surface area contributed by atoms with Gasteiger partial charge in [-0.05, 0) is 23.8 Å². The molecule has 1 amide bonds. The summed E-state index contributed by atoms with van der Waals surface area (Å²) in [5, 5.41) is 6.51. The van der Waals surface area contributed by atoms with E-state index in [0.29, 0.717) is 41.0 Å².